The zero-order valence-electron chi connectivity index (χ0n) is 7.56. The molecular weight excluding hydrogens is 184 g/mol. The van der Waals surface area contributed by atoms with Crippen molar-refractivity contribution in [1.29, 1.82) is 0 Å². The van der Waals surface area contributed by atoms with Gasteiger partial charge in [0.2, 0.25) is 0 Å². The lowest BCUT2D eigenvalue weighted by atomic mass is 10.2. The summed E-state index contributed by atoms with van der Waals surface area (Å²) in [6.45, 7) is 1.59. The van der Waals surface area contributed by atoms with Gasteiger partial charge in [-0.05, 0) is 31.2 Å². The van der Waals surface area contributed by atoms with E-state index in [-0.39, 0.29) is 5.56 Å². The minimum atomic E-state index is -0.975. The van der Waals surface area contributed by atoms with E-state index in [4.69, 9.17) is 10.3 Å². The highest BCUT2D eigenvalue weighted by Gasteiger charge is 2.00. The summed E-state index contributed by atoms with van der Waals surface area (Å²) in [4.78, 5) is 14.4. The molecule has 3 N–H and O–H groups in total. The molecule has 1 aromatic carbocycles. The van der Waals surface area contributed by atoms with Crippen molar-refractivity contribution in [2.24, 2.45) is 4.99 Å². The first kappa shape index (κ1) is 10.2. The van der Waals surface area contributed by atoms with Crippen molar-refractivity contribution in [3.63, 3.8) is 0 Å². The molecule has 0 saturated heterocycles. The number of benzene rings is 1. The average molecular weight is 194 g/mol. The van der Waals surface area contributed by atoms with E-state index in [1.165, 1.54) is 12.1 Å². The predicted molar refractivity (Wildman–Crippen MR) is 51.1 cm³/mol. The molecule has 1 rings (SSSR count). The Morgan fingerprint density at radius 3 is 2.36 bits per heavy atom. The van der Waals surface area contributed by atoms with Crippen LogP contribution in [0.3, 0.4) is 0 Å². The van der Waals surface area contributed by atoms with Crippen LogP contribution in [0, 0.1) is 0 Å². The maximum absolute atomic E-state index is 10.5. The maximum atomic E-state index is 10.5. The van der Waals surface area contributed by atoms with E-state index in [1.54, 1.807) is 19.1 Å². The van der Waals surface area contributed by atoms with Gasteiger partial charge in [-0.3, -0.25) is 10.7 Å². The van der Waals surface area contributed by atoms with Crippen molar-refractivity contribution in [2.45, 2.75) is 6.92 Å². The van der Waals surface area contributed by atoms with Gasteiger partial charge in [-0.25, -0.2) is 9.79 Å². The molecule has 0 heterocycles. The van der Waals surface area contributed by atoms with Gasteiger partial charge < -0.3 is 5.11 Å². The highest BCUT2D eigenvalue weighted by molar-refractivity contribution is 5.88. The van der Waals surface area contributed by atoms with Gasteiger partial charge >= 0.3 is 5.97 Å². The Morgan fingerprint density at radius 1 is 1.36 bits per heavy atom. The van der Waals surface area contributed by atoms with Crippen LogP contribution in [0.5, 0.6) is 0 Å². The van der Waals surface area contributed by atoms with E-state index in [9.17, 15) is 4.79 Å². The molecule has 0 unspecified atom stereocenters. The molecule has 0 saturated carbocycles. The molecule has 5 nitrogen and oxygen atoms in total. The number of aromatic carboxylic acids is 1. The van der Waals surface area contributed by atoms with Gasteiger partial charge in [-0.1, -0.05) is 0 Å². The summed E-state index contributed by atoms with van der Waals surface area (Å²) in [7, 11) is 0. The minimum Gasteiger partial charge on any atom is -0.478 e. The lowest BCUT2D eigenvalue weighted by Gasteiger charge is -1.98. The first-order valence-corrected chi connectivity index (χ1v) is 3.92. The number of carbonyl (C=O) groups is 1. The van der Waals surface area contributed by atoms with Crippen LogP contribution in [-0.2, 0) is 0 Å². The fourth-order valence-corrected chi connectivity index (χ4v) is 0.897. The highest BCUT2D eigenvalue weighted by Crippen LogP contribution is 2.12. The molecule has 5 heteroatoms. The summed E-state index contributed by atoms with van der Waals surface area (Å²) in [6.07, 6.45) is 0. The molecule has 1 aromatic rings. The van der Waals surface area contributed by atoms with Gasteiger partial charge in [0.1, 0.15) is 5.84 Å². The smallest absolute Gasteiger partial charge is 0.335 e. The number of nitrogens with one attached hydrogen (secondary N) is 1. The molecule has 0 aliphatic heterocycles. The minimum absolute atomic E-state index is 0.207. The van der Waals surface area contributed by atoms with Crippen molar-refractivity contribution in [2.75, 3.05) is 0 Å². The third-order valence-electron chi connectivity index (χ3n) is 1.57. The second kappa shape index (κ2) is 4.38. The molecular formula is C9H10N2O3. The Kier molecular flexibility index (Phi) is 3.19. The molecule has 0 aromatic heterocycles. The van der Waals surface area contributed by atoms with Crippen LogP contribution >= 0.6 is 0 Å². The second-order valence-corrected chi connectivity index (χ2v) is 2.66. The number of hydroxylamine groups is 1. The fourth-order valence-electron chi connectivity index (χ4n) is 0.897. The van der Waals surface area contributed by atoms with Crippen molar-refractivity contribution < 1.29 is 15.1 Å². The standard InChI is InChI=1S/C9H10N2O3/c1-6(11-14)10-8-4-2-7(3-5-8)9(12)13/h2-5,14H,1H3,(H,10,11)(H,12,13). The van der Waals surface area contributed by atoms with Gasteiger partial charge in [-0.15, -0.1) is 0 Å². The summed E-state index contributed by atoms with van der Waals surface area (Å²) < 4.78 is 0. The van der Waals surface area contributed by atoms with Crippen LogP contribution in [0.1, 0.15) is 17.3 Å². The van der Waals surface area contributed by atoms with E-state index in [0.29, 0.717) is 11.5 Å². The SMILES string of the molecule is CC(=Nc1ccc(C(=O)O)cc1)NO. The van der Waals surface area contributed by atoms with E-state index in [0.717, 1.165) is 0 Å². The average Bonchev–Trinajstić information content (AvgIpc) is 2.18. The molecule has 0 spiro atoms. The van der Waals surface area contributed by atoms with E-state index >= 15 is 0 Å². The number of carboxylic acid groups (broad SMARTS) is 1. The topological polar surface area (TPSA) is 81.9 Å². The molecule has 0 atom stereocenters. The van der Waals surface area contributed by atoms with Gasteiger partial charge in [-0.2, -0.15) is 0 Å². The first-order chi connectivity index (χ1) is 6.63. The summed E-state index contributed by atoms with van der Waals surface area (Å²) >= 11 is 0. The molecule has 0 aliphatic carbocycles. The quantitative estimate of drug-likeness (QED) is 0.377. The largest absolute Gasteiger partial charge is 0.478 e. The van der Waals surface area contributed by atoms with Crippen molar-refractivity contribution in [1.82, 2.24) is 5.48 Å². The Bertz CT molecular complexity index is 357. The lowest BCUT2D eigenvalue weighted by Crippen LogP contribution is -2.13. The van der Waals surface area contributed by atoms with Crippen molar-refractivity contribution in [3.05, 3.63) is 29.8 Å². The Balaban J connectivity index is 2.89. The second-order valence-electron chi connectivity index (χ2n) is 2.66. The highest BCUT2D eigenvalue weighted by atomic mass is 16.5. The molecule has 0 aliphatic rings. The predicted octanol–water partition coefficient (Wildman–Crippen LogP) is 1.41. The van der Waals surface area contributed by atoms with Crippen molar-refractivity contribution >= 4 is 17.5 Å². The normalized spacial score (nSPS) is 11.1. The van der Waals surface area contributed by atoms with Crippen LogP contribution in [0.2, 0.25) is 0 Å². The maximum Gasteiger partial charge on any atom is 0.335 e. The number of rotatable bonds is 2. The number of amidine groups is 1. The van der Waals surface area contributed by atoms with E-state index in [2.05, 4.69) is 4.99 Å². The van der Waals surface area contributed by atoms with Crippen LogP contribution in [-0.4, -0.2) is 22.1 Å². The first-order valence-electron chi connectivity index (χ1n) is 3.92. The molecule has 74 valence electrons. The Morgan fingerprint density at radius 2 is 1.93 bits per heavy atom. The van der Waals surface area contributed by atoms with Crippen LogP contribution < -0.4 is 5.48 Å². The summed E-state index contributed by atoms with van der Waals surface area (Å²) in [5.41, 5.74) is 2.67. The van der Waals surface area contributed by atoms with E-state index in [1.807, 2.05) is 5.48 Å². The zero-order chi connectivity index (χ0) is 10.6. The summed E-state index contributed by atoms with van der Waals surface area (Å²) in [5.74, 6) is -0.634. The van der Waals surface area contributed by atoms with Crippen LogP contribution in [0.25, 0.3) is 0 Å². The summed E-state index contributed by atoms with van der Waals surface area (Å²) in [5, 5.41) is 17.1. The monoisotopic (exact) mass is 194 g/mol. The number of aliphatic imine (C=N–C) groups is 1. The third-order valence-corrected chi connectivity index (χ3v) is 1.57. The molecule has 0 bridgehead atoms. The third kappa shape index (κ3) is 2.56. The van der Waals surface area contributed by atoms with Gasteiger partial charge in [0.05, 0.1) is 11.3 Å². The van der Waals surface area contributed by atoms with E-state index < -0.39 is 5.97 Å². The number of nitrogens with zero attached hydrogens (tertiary/aromatic N) is 1. The Labute approximate surface area is 80.7 Å². The fraction of sp³-hybridized carbons (Fsp3) is 0.111. The molecule has 0 fully saturated rings. The zero-order valence-corrected chi connectivity index (χ0v) is 7.56. The number of carboxylic acids is 1. The number of hydrogen-bond acceptors (Lipinski definition) is 3. The van der Waals surface area contributed by atoms with Crippen LogP contribution in [0.15, 0.2) is 29.3 Å². The molecule has 0 radical (unpaired) electrons. The Hall–Kier alpha value is -1.88. The molecule has 0 amide bonds. The van der Waals surface area contributed by atoms with Gasteiger partial charge in [0.25, 0.3) is 0 Å². The number of hydrogen-bond donors (Lipinski definition) is 3. The van der Waals surface area contributed by atoms with Gasteiger partial charge in [0, 0.05) is 0 Å². The van der Waals surface area contributed by atoms with Crippen molar-refractivity contribution in [3.8, 4) is 0 Å². The molecule has 14 heavy (non-hydrogen) atoms. The summed E-state index contributed by atoms with van der Waals surface area (Å²) in [6, 6.07) is 6.02. The lowest BCUT2D eigenvalue weighted by molar-refractivity contribution is 0.0697. The van der Waals surface area contributed by atoms with Gasteiger partial charge in [0.15, 0.2) is 0 Å². The van der Waals surface area contributed by atoms with Crippen LogP contribution in [0.4, 0.5) is 5.69 Å².